The van der Waals surface area contributed by atoms with E-state index in [9.17, 15) is 0 Å². The molecule has 0 radical (unpaired) electrons. The summed E-state index contributed by atoms with van der Waals surface area (Å²) in [7, 11) is 0. The second kappa shape index (κ2) is 20.7. The van der Waals surface area contributed by atoms with Gasteiger partial charge in [0.05, 0.1) is 5.69 Å². The number of hydrogen-bond acceptors (Lipinski definition) is 2. The Bertz CT molecular complexity index is 3450. The maximum Gasteiger partial charge on any atom is 0.0540 e. The van der Waals surface area contributed by atoms with E-state index in [4.69, 9.17) is 0 Å². The summed E-state index contributed by atoms with van der Waals surface area (Å²) in [4.78, 5) is 2.38. The van der Waals surface area contributed by atoms with Gasteiger partial charge in [-0.1, -0.05) is 217 Å². The van der Waals surface area contributed by atoms with Crippen LogP contribution in [0.25, 0.3) is 44.5 Å². The third-order valence-corrected chi connectivity index (χ3v) is 15.6. The number of fused-ring (bicyclic) bond motifs is 6. The molecule has 2 aliphatic rings. The Morgan fingerprint density at radius 1 is 0.366 bits per heavy atom. The summed E-state index contributed by atoms with van der Waals surface area (Å²) in [5, 5.41) is 3.67. The standard InChI is InChI=1S/C33H26BrN.C27H23N.C6H4BrI/c1-33(2)30-14-8-6-13-28(30)29-21-20-26(22-31(29)33)35(25-18-16-24(34)17-19-25)32-15-9-7-12-27(32)23-10-4-3-5-11-23;1-27(2)24-14-8-6-13-22(24)23-17-16-20(18-25(23)27)28-26-15-9-7-12-21(26)19-10-4-3-5-11-19;7-5-1-3-6(8)4-2-5/h3-22H,1-2H3;3-18,28H,1-2H3;1-4H. The molecule has 1 N–H and O–H groups in total. The summed E-state index contributed by atoms with van der Waals surface area (Å²) in [6.07, 6.45) is 0. The van der Waals surface area contributed by atoms with Crippen molar-refractivity contribution in [1.29, 1.82) is 0 Å². The van der Waals surface area contributed by atoms with Crippen LogP contribution in [0.2, 0.25) is 0 Å². The smallest absolute Gasteiger partial charge is 0.0540 e. The zero-order valence-electron chi connectivity index (χ0n) is 40.2. The molecule has 0 aliphatic heterocycles. The molecule has 0 spiro atoms. The lowest BCUT2D eigenvalue weighted by atomic mass is 9.82. The number of nitrogens with one attached hydrogen (secondary N) is 1. The van der Waals surface area contributed by atoms with Gasteiger partial charge in [-0.05, 0) is 163 Å². The van der Waals surface area contributed by atoms with Gasteiger partial charge in [-0.15, -0.1) is 0 Å². The van der Waals surface area contributed by atoms with Crippen LogP contribution in [0.1, 0.15) is 49.9 Å². The van der Waals surface area contributed by atoms with Crippen molar-refractivity contribution in [3.05, 3.63) is 277 Å². The van der Waals surface area contributed by atoms with Crippen LogP contribution in [-0.4, -0.2) is 0 Å². The van der Waals surface area contributed by atoms with E-state index in [2.05, 4.69) is 323 Å². The molecule has 0 atom stereocenters. The van der Waals surface area contributed by atoms with Crippen molar-refractivity contribution in [3.8, 4) is 44.5 Å². The monoisotopic (exact) mass is 1160 g/mol. The molecule has 0 saturated heterocycles. The van der Waals surface area contributed by atoms with E-state index in [0.29, 0.717) is 0 Å². The predicted octanol–water partition coefficient (Wildman–Crippen LogP) is 20.3. The van der Waals surface area contributed by atoms with E-state index in [0.717, 1.165) is 37.4 Å². The first-order chi connectivity index (χ1) is 34.5. The minimum atomic E-state index is -0.0493. The Kier molecular flexibility index (Phi) is 14.0. The number of nitrogens with zero attached hydrogens (tertiary/aromatic N) is 1. The predicted molar refractivity (Wildman–Crippen MR) is 318 cm³/mol. The first kappa shape index (κ1) is 48.1. The van der Waals surface area contributed by atoms with E-state index in [1.54, 1.807) is 0 Å². The highest BCUT2D eigenvalue weighted by molar-refractivity contribution is 14.1. The molecular formula is C66H53Br2IN2. The first-order valence-corrected chi connectivity index (χ1v) is 26.7. The lowest BCUT2D eigenvalue weighted by Gasteiger charge is -2.29. The molecule has 0 aromatic heterocycles. The molecule has 2 nitrogen and oxygen atoms in total. The lowest BCUT2D eigenvalue weighted by Crippen LogP contribution is -2.16. The molecule has 0 fully saturated rings. The average molecular weight is 1160 g/mol. The van der Waals surface area contributed by atoms with Crippen molar-refractivity contribution in [1.82, 2.24) is 0 Å². The Morgan fingerprint density at radius 3 is 1.37 bits per heavy atom. The minimum absolute atomic E-state index is 0.0164. The highest BCUT2D eigenvalue weighted by Crippen LogP contribution is 2.52. The number of halogens is 3. The number of benzene rings is 10. The summed E-state index contributed by atoms with van der Waals surface area (Å²) in [5.41, 5.74) is 21.5. The number of hydrogen-bond donors (Lipinski definition) is 1. The Labute approximate surface area is 449 Å². The van der Waals surface area contributed by atoms with Gasteiger partial charge in [-0.25, -0.2) is 0 Å². The maximum atomic E-state index is 3.67. The molecule has 10 aromatic carbocycles. The molecule has 10 aromatic rings. The highest BCUT2D eigenvalue weighted by Gasteiger charge is 2.37. The molecule has 0 bridgehead atoms. The molecule has 348 valence electrons. The second-order valence-electron chi connectivity index (χ2n) is 19.0. The normalized spacial score (nSPS) is 12.9. The van der Waals surface area contributed by atoms with Gasteiger partial charge in [-0.2, -0.15) is 0 Å². The van der Waals surface area contributed by atoms with Gasteiger partial charge in [0.25, 0.3) is 0 Å². The zero-order valence-corrected chi connectivity index (χ0v) is 45.5. The van der Waals surface area contributed by atoms with Gasteiger partial charge in [0, 0.05) is 57.2 Å². The van der Waals surface area contributed by atoms with Gasteiger partial charge in [0.15, 0.2) is 0 Å². The summed E-state index contributed by atoms with van der Waals surface area (Å²) >= 11 is 9.23. The lowest BCUT2D eigenvalue weighted by molar-refractivity contribution is 0.660. The van der Waals surface area contributed by atoms with Crippen LogP contribution < -0.4 is 10.2 Å². The molecule has 0 unspecified atom stereocenters. The Hall–Kier alpha value is -6.51. The van der Waals surface area contributed by atoms with Crippen LogP contribution in [-0.2, 0) is 10.8 Å². The van der Waals surface area contributed by atoms with Crippen LogP contribution in [0.4, 0.5) is 28.4 Å². The maximum absolute atomic E-state index is 3.67. The van der Waals surface area contributed by atoms with Crippen molar-refractivity contribution >= 4 is 82.9 Å². The van der Waals surface area contributed by atoms with Gasteiger partial charge in [-0.3, -0.25) is 0 Å². The summed E-state index contributed by atoms with van der Waals surface area (Å²) in [6.45, 7) is 9.31. The molecular weight excluding hydrogens is 1110 g/mol. The van der Waals surface area contributed by atoms with Gasteiger partial charge in [0.2, 0.25) is 0 Å². The topological polar surface area (TPSA) is 15.3 Å². The molecule has 12 rings (SSSR count). The molecule has 5 heteroatoms. The third-order valence-electron chi connectivity index (χ3n) is 13.8. The van der Waals surface area contributed by atoms with Crippen molar-refractivity contribution < 1.29 is 0 Å². The molecule has 71 heavy (non-hydrogen) atoms. The fraction of sp³-hybridized carbons (Fsp3) is 0.0909. The van der Waals surface area contributed by atoms with Crippen molar-refractivity contribution in [2.24, 2.45) is 0 Å². The molecule has 0 amide bonds. The van der Waals surface area contributed by atoms with E-state index in [-0.39, 0.29) is 10.8 Å². The fourth-order valence-electron chi connectivity index (χ4n) is 10.2. The molecule has 0 saturated carbocycles. The van der Waals surface area contributed by atoms with Crippen LogP contribution in [0.15, 0.2) is 252 Å². The van der Waals surface area contributed by atoms with Crippen LogP contribution in [0.3, 0.4) is 0 Å². The van der Waals surface area contributed by atoms with Crippen LogP contribution >= 0.6 is 54.5 Å². The van der Waals surface area contributed by atoms with E-state index < -0.39 is 0 Å². The Balaban J connectivity index is 0.000000144. The van der Waals surface area contributed by atoms with Crippen molar-refractivity contribution in [3.63, 3.8) is 0 Å². The molecule has 2 aliphatic carbocycles. The van der Waals surface area contributed by atoms with Gasteiger partial charge < -0.3 is 10.2 Å². The molecule has 0 heterocycles. The summed E-state index contributed by atoms with van der Waals surface area (Å²) in [6, 6.07) is 86.4. The zero-order chi connectivity index (χ0) is 49.1. The van der Waals surface area contributed by atoms with Crippen LogP contribution in [0.5, 0.6) is 0 Å². The minimum Gasteiger partial charge on any atom is -0.355 e. The van der Waals surface area contributed by atoms with Crippen molar-refractivity contribution in [2.75, 3.05) is 10.2 Å². The van der Waals surface area contributed by atoms with Gasteiger partial charge >= 0.3 is 0 Å². The van der Waals surface area contributed by atoms with Crippen molar-refractivity contribution in [2.45, 2.75) is 38.5 Å². The summed E-state index contributed by atoms with van der Waals surface area (Å²) in [5.74, 6) is 0. The largest absolute Gasteiger partial charge is 0.355 e. The Morgan fingerprint density at radius 2 is 0.789 bits per heavy atom. The summed E-state index contributed by atoms with van der Waals surface area (Å²) < 4.78 is 3.48. The van der Waals surface area contributed by atoms with Gasteiger partial charge in [0.1, 0.15) is 0 Å². The fourth-order valence-corrected chi connectivity index (χ4v) is 11.1. The number of para-hydroxylation sites is 2. The second-order valence-corrected chi connectivity index (χ2v) is 22.1. The quantitative estimate of drug-likeness (QED) is 0.160. The van der Waals surface area contributed by atoms with E-state index in [1.807, 2.05) is 12.1 Å². The first-order valence-electron chi connectivity index (χ1n) is 24.0. The van der Waals surface area contributed by atoms with E-state index in [1.165, 1.54) is 70.3 Å². The number of anilines is 5. The number of rotatable bonds is 7. The van der Waals surface area contributed by atoms with E-state index >= 15 is 0 Å². The van der Waals surface area contributed by atoms with Crippen LogP contribution in [0, 0.1) is 3.57 Å². The SMILES string of the molecule is Brc1ccc(I)cc1.CC1(C)c2ccccc2-c2ccc(N(c3ccc(Br)cc3)c3ccccc3-c3ccccc3)cc21.CC1(C)c2ccccc2-c2ccc(Nc3ccccc3-c3ccccc3)cc21. The third kappa shape index (κ3) is 9.93. The average Bonchev–Trinajstić information content (AvgIpc) is 3.78. The highest BCUT2D eigenvalue weighted by atomic mass is 127.